The molecule has 0 fully saturated rings. The van der Waals surface area contributed by atoms with E-state index in [1.54, 1.807) is 19.1 Å². The van der Waals surface area contributed by atoms with E-state index in [9.17, 15) is 28.1 Å². The number of rotatable bonds is 7. The third kappa shape index (κ3) is 4.52. The predicted molar refractivity (Wildman–Crippen MR) is 98.9 cm³/mol. The van der Waals surface area contributed by atoms with Crippen molar-refractivity contribution in [1.82, 2.24) is 0 Å². The molecule has 1 aliphatic heterocycles. The normalized spacial score (nSPS) is 21.3. The summed E-state index contributed by atoms with van der Waals surface area (Å²) in [6, 6.07) is 4.12. The van der Waals surface area contributed by atoms with Crippen LogP contribution in [-0.4, -0.2) is 47.5 Å². The maximum Gasteiger partial charge on any atom is 0.165 e. The highest BCUT2D eigenvalue weighted by molar-refractivity contribution is 7.92. The largest absolute Gasteiger partial charge is 0.505 e. The molecule has 5 nitrogen and oxygen atoms in total. The van der Waals surface area contributed by atoms with Gasteiger partial charge in [-0.05, 0) is 49.5 Å². The number of allylic oxidation sites excluding steroid dienone is 1. The number of phenols is 1. The van der Waals surface area contributed by atoms with Gasteiger partial charge in [-0.2, -0.15) is 0 Å². The van der Waals surface area contributed by atoms with Gasteiger partial charge >= 0.3 is 0 Å². The highest BCUT2D eigenvalue weighted by atomic mass is 32.2. The summed E-state index contributed by atoms with van der Waals surface area (Å²) in [5, 5.41) is 28.1. The number of hydrogen-bond acceptors (Lipinski definition) is 5. The molecule has 0 unspecified atom stereocenters. The van der Waals surface area contributed by atoms with Gasteiger partial charge < -0.3 is 15.3 Å². The fourth-order valence-electron chi connectivity index (χ4n) is 3.34. The van der Waals surface area contributed by atoms with E-state index >= 15 is 0 Å². The summed E-state index contributed by atoms with van der Waals surface area (Å²) >= 11 is 0. The summed E-state index contributed by atoms with van der Waals surface area (Å²) in [5.41, 5.74) is 2.57. The van der Waals surface area contributed by atoms with E-state index < -0.39 is 39.4 Å². The number of benzene rings is 1. The number of phenolic OH excluding ortho intramolecular Hbond substituents is 1. The van der Waals surface area contributed by atoms with Gasteiger partial charge in [0.15, 0.2) is 21.4 Å². The lowest BCUT2D eigenvalue weighted by atomic mass is 9.94. The molecule has 1 aromatic carbocycles. The fourth-order valence-corrected chi connectivity index (χ4v) is 5.29. The molecule has 144 valence electrons. The Morgan fingerprint density at radius 2 is 2.12 bits per heavy atom. The van der Waals surface area contributed by atoms with Crippen molar-refractivity contribution >= 4 is 15.9 Å². The van der Waals surface area contributed by atoms with Crippen LogP contribution < -0.4 is 0 Å². The molecule has 0 radical (unpaired) electrons. The molecule has 1 aliphatic rings. The second-order valence-electron chi connectivity index (χ2n) is 6.64. The van der Waals surface area contributed by atoms with Gasteiger partial charge in [0.05, 0.1) is 18.5 Å². The summed E-state index contributed by atoms with van der Waals surface area (Å²) in [6.45, 7) is 3.08. The zero-order valence-electron chi connectivity index (χ0n) is 14.9. The molecular weight excluding hydrogens is 359 g/mol. The molecular formula is C19H25FO5S. The number of halogens is 1. The van der Waals surface area contributed by atoms with Crippen LogP contribution in [0.4, 0.5) is 4.39 Å². The Labute approximate surface area is 153 Å². The Kier molecular flexibility index (Phi) is 6.60. The van der Waals surface area contributed by atoms with E-state index in [2.05, 4.69) is 0 Å². The molecule has 2 atom stereocenters. The van der Waals surface area contributed by atoms with Gasteiger partial charge in [0.2, 0.25) is 0 Å². The van der Waals surface area contributed by atoms with Crippen LogP contribution >= 0.6 is 0 Å². The summed E-state index contributed by atoms with van der Waals surface area (Å²) in [7, 11) is -3.45. The fraction of sp³-hybridized carbons (Fsp3) is 0.474. The number of hydrogen-bond donors (Lipinski definition) is 3. The number of sulfone groups is 1. The lowest BCUT2D eigenvalue weighted by molar-refractivity contribution is 0.188. The second-order valence-corrected chi connectivity index (χ2v) is 8.82. The standard InChI is InChI=1S/C19H25FO5S/c1-3-13(8-14-5-6-16(22)15(20)9-14)4-7-17(23)19-12(2)11-26(24,25)18(19)10-21/h5-6,8-9,17-18,21-23H,3-4,7,10-11H2,1-2H3/b13-8+/t17-,18+/m1/s1. The maximum absolute atomic E-state index is 13.4. The SMILES string of the molecule is CC/C(=C\c1ccc(O)c(F)c1)CC[C@@H](O)C1=C(C)CS(=O)(=O)[C@H]1CO. The summed E-state index contributed by atoms with van der Waals surface area (Å²) in [5.74, 6) is -1.24. The second kappa shape index (κ2) is 8.33. The summed E-state index contributed by atoms with van der Waals surface area (Å²) < 4.78 is 37.5. The Balaban J connectivity index is 2.11. The molecule has 0 saturated heterocycles. The van der Waals surface area contributed by atoms with Crippen LogP contribution in [0.3, 0.4) is 0 Å². The van der Waals surface area contributed by atoms with E-state index in [0.717, 1.165) is 5.57 Å². The minimum atomic E-state index is -3.45. The third-order valence-corrected chi connectivity index (χ3v) is 6.86. The lowest BCUT2D eigenvalue weighted by Crippen LogP contribution is -2.29. The number of aromatic hydroxyl groups is 1. The third-order valence-electron chi connectivity index (χ3n) is 4.75. The Morgan fingerprint density at radius 1 is 1.42 bits per heavy atom. The molecule has 3 N–H and O–H groups in total. The molecule has 0 aliphatic carbocycles. The van der Waals surface area contributed by atoms with Gasteiger partial charge in [0.1, 0.15) is 5.25 Å². The van der Waals surface area contributed by atoms with Gasteiger partial charge in [0.25, 0.3) is 0 Å². The van der Waals surface area contributed by atoms with Crippen molar-refractivity contribution in [2.75, 3.05) is 12.4 Å². The van der Waals surface area contributed by atoms with Gasteiger partial charge in [-0.3, -0.25) is 0 Å². The van der Waals surface area contributed by atoms with Crippen LogP contribution in [0.2, 0.25) is 0 Å². The first-order valence-electron chi connectivity index (χ1n) is 8.57. The van der Waals surface area contributed by atoms with Gasteiger partial charge in [-0.15, -0.1) is 0 Å². The van der Waals surface area contributed by atoms with Crippen LogP contribution in [0.15, 0.2) is 34.9 Å². The van der Waals surface area contributed by atoms with Crippen molar-refractivity contribution in [3.05, 3.63) is 46.3 Å². The first kappa shape index (κ1) is 20.6. The molecule has 0 saturated carbocycles. The van der Waals surface area contributed by atoms with E-state index in [1.807, 2.05) is 6.92 Å². The Bertz CT molecular complexity index is 826. The first-order valence-corrected chi connectivity index (χ1v) is 10.3. The van der Waals surface area contributed by atoms with E-state index in [0.29, 0.717) is 36.0 Å². The number of aliphatic hydroxyl groups excluding tert-OH is 2. The number of aliphatic hydroxyl groups is 2. The van der Waals surface area contributed by atoms with Gasteiger partial charge in [0, 0.05) is 0 Å². The molecule has 0 aromatic heterocycles. The summed E-state index contributed by atoms with van der Waals surface area (Å²) in [4.78, 5) is 0. The highest BCUT2D eigenvalue weighted by Gasteiger charge is 2.39. The van der Waals surface area contributed by atoms with E-state index in [1.165, 1.54) is 12.1 Å². The van der Waals surface area contributed by atoms with Gasteiger partial charge in [-0.1, -0.05) is 30.2 Å². The molecule has 7 heteroatoms. The van der Waals surface area contributed by atoms with Crippen molar-refractivity contribution in [1.29, 1.82) is 0 Å². The Morgan fingerprint density at radius 3 is 2.69 bits per heavy atom. The zero-order chi connectivity index (χ0) is 19.5. The van der Waals surface area contributed by atoms with Crippen molar-refractivity contribution in [3.8, 4) is 5.75 Å². The lowest BCUT2D eigenvalue weighted by Gasteiger charge is -2.19. The zero-order valence-corrected chi connectivity index (χ0v) is 15.8. The van der Waals surface area contributed by atoms with Crippen molar-refractivity contribution < 1.29 is 28.1 Å². The van der Waals surface area contributed by atoms with Crippen LogP contribution in [0.25, 0.3) is 6.08 Å². The molecule has 1 heterocycles. The van der Waals surface area contributed by atoms with Crippen LogP contribution in [0.1, 0.15) is 38.7 Å². The van der Waals surface area contributed by atoms with Gasteiger partial charge in [-0.25, -0.2) is 12.8 Å². The quantitative estimate of drug-likeness (QED) is 0.628. The minimum Gasteiger partial charge on any atom is -0.505 e. The highest BCUT2D eigenvalue weighted by Crippen LogP contribution is 2.32. The van der Waals surface area contributed by atoms with Crippen molar-refractivity contribution in [2.45, 2.75) is 44.5 Å². The molecule has 0 amide bonds. The maximum atomic E-state index is 13.4. The predicted octanol–water partition coefficient (Wildman–Crippen LogP) is 2.57. The Hall–Kier alpha value is -1.70. The van der Waals surface area contributed by atoms with E-state index in [-0.39, 0.29) is 5.75 Å². The molecule has 26 heavy (non-hydrogen) atoms. The van der Waals surface area contributed by atoms with Crippen LogP contribution in [0.5, 0.6) is 5.75 Å². The van der Waals surface area contributed by atoms with Crippen LogP contribution in [0, 0.1) is 5.82 Å². The smallest absolute Gasteiger partial charge is 0.165 e. The average Bonchev–Trinajstić information content (AvgIpc) is 2.82. The monoisotopic (exact) mass is 384 g/mol. The molecule has 2 rings (SSSR count). The molecule has 0 spiro atoms. The minimum absolute atomic E-state index is 0.131. The topological polar surface area (TPSA) is 94.8 Å². The molecule has 1 aromatic rings. The van der Waals surface area contributed by atoms with Crippen molar-refractivity contribution in [3.63, 3.8) is 0 Å². The molecule has 0 bridgehead atoms. The van der Waals surface area contributed by atoms with Crippen molar-refractivity contribution in [2.24, 2.45) is 0 Å². The summed E-state index contributed by atoms with van der Waals surface area (Å²) in [6.07, 6.45) is 2.37. The van der Waals surface area contributed by atoms with E-state index in [4.69, 9.17) is 0 Å². The average molecular weight is 384 g/mol. The van der Waals surface area contributed by atoms with Crippen LogP contribution in [-0.2, 0) is 9.84 Å². The first-order chi connectivity index (χ1) is 12.2.